The summed E-state index contributed by atoms with van der Waals surface area (Å²) in [7, 11) is 0. The maximum atomic E-state index is 6.31. The zero-order valence-corrected chi connectivity index (χ0v) is 15.6. The van der Waals surface area contributed by atoms with Crippen LogP contribution in [0.25, 0.3) is 17.0 Å². The van der Waals surface area contributed by atoms with Crippen LogP contribution in [-0.2, 0) is 6.42 Å². The average molecular weight is 378 g/mol. The molecule has 5 heteroatoms. The molecular weight excluding hydrogens is 358 g/mol. The second kappa shape index (κ2) is 8.62. The number of aliphatic imine (C=N–C) groups is 2. The molecule has 136 valence electrons. The number of rotatable bonds is 6. The Balaban J connectivity index is 1.98. The van der Waals surface area contributed by atoms with E-state index in [1.165, 1.54) is 0 Å². The van der Waals surface area contributed by atoms with E-state index in [9.17, 15) is 0 Å². The molecule has 1 heterocycles. The van der Waals surface area contributed by atoms with Crippen molar-refractivity contribution in [2.75, 3.05) is 0 Å². The highest BCUT2D eigenvalue weighted by Crippen LogP contribution is 2.32. The van der Waals surface area contributed by atoms with Crippen LogP contribution in [0.5, 0.6) is 0 Å². The first-order chi connectivity index (χ1) is 13.1. The Kier molecular flexibility index (Phi) is 6.01. The summed E-state index contributed by atoms with van der Waals surface area (Å²) in [6, 6.07) is 15.3. The number of nitrogens with zero attached hydrogens (tertiary/aromatic N) is 2. The van der Waals surface area contributed by atoms with Gasteiger partial charge in [0.1, 0.15) is 11.9 Å². The van der Waals surface area contributed by atoms with Gasteiger partial charge in [-0.25, -0.2) is 9.98 Å². The van der Waals surface area contributed by atoms with E-state index in [0.29, 0.717) is 28.6 Å². The number of para-hydroxylation sites is 1. The van der Waals surface area contributed by atoms with Crippen LogP contribution in [0.1, 0.15) is 16.9 Å². The molecule has 0 aliphatic carbocycles. The number of halogens is 1. The van der Waals surface area contributed by atoms with Gasteiger partial charge in [-0.05, 0) is 18.9 Å². The molecule has 3 rings (SSSR count). The first-order valence-corrected chi connectivity index (χ1v) is 8.86. The summed E-state index contributed by atoms with van der Waals surface area (Å²) in [5.41, 5.74) is 8.76. The minimum atomic E-state index is -0.513. The molecule has 2 aromatic carbocycles. The summed E-state index contributed by atoms with van der Waals surface area (Å²) in [4.78, 5) is 8.56. The predicted octanol–water partition coefficient (Wildman–Crippen LogP) is 5.26. The summed E-state index contributed by atoms with van der Waals surface area (Å²) >= 11 is 6.28. The molecule has 1 aromatic heterocycles. The molecule has 0 saturated heterocycles. The minimum Gasteiger partial charge on any atom is -0.455 e. The van der Waals surface area contributed by atoms with Crippen LogP contribution >= 0.6 is 11.6 Å². The fourth-order valence-corrected chi connectivity index (χ4v) is 3.07. The fraction of sp³-hybridized carbons (Fsp3) is 0.0909. The van der Waals surface area contributed by atoms with Gasteiger partial charge in [0.2, 0.25) is 0 Å². The molecule has 2 N–H and O–H groups in total. The number of amidine groups is 1. The third-order valence-corrected chi connectivity index (χ3v) is 4.37. The predicted molar refractivity (Wildman–Crippen MR) is 115 cm³/mol. The lowest BCUT2D eigenvalue weighted by Gasteiger charge is -2.09. The Morgan fingerprint density at radius 2 is 1.96 bits per heavy atom. The lowest BCUT2D eigenvalue weighted by atomic mass is 10.1. The molecule has 4 nitrogen and oxygen atoms in total. The van der Waals surface area contributed by atoms with Crippen LogP contribution in [0, 0.1) is 0 Å². The molecule has 0 aliphatic rings. The van der Waals surface area contributed by atoms with Gasteiger partial charge in [-0.1, -0.05) is 72.8 Å². The van der Waals surface area contributed by atoms with Crippen molar-refractivity contribution in [1.82, 2.24) is 0 Å². The highest BCUT2D eigenvalue weighted by molar-refractivity contribution is 6.35. The Labute approximate surface area is 163 Å². The van der Waals surface area contributed by atoms with Crippen molar-refractivity contribution < 1.29 is 4.42 Å². The number of allylic oxidation sites excluding steroid dienone is 2. The molecule has 0 saturated carbocycles. The van der Waals surface area contributed by atoms with Crippen molar-refractivity contribution in [3.8, 4) is 0 Å². The third-order valence-electron chi connectivity index (χ3n) is 4.07. The molecule has 27 heavy (non-hydrogen) atoms. The van der Waals surface area contributed by atoms with E-state index in [0.717, 1.165) is 16.5 Å². The topological polar surface area (TPSA) is 63.9 Å². The van der Waals surface area contributed by atoms with Gasteiger partial charge >= 0.3 is 0 Å². The molecule has 3 aromatic rings. The van der Waals surface area contributed by atoms with Gasteiger partial charge < -0.3 is 10.2 Å². The average Bonchev–Trinajstić information content (AvgIpc) is 3.04. The molecule has 0 spiro atoms. The first-order valence-electron chi connectivity index (χ1n) is 8.48. The Hall–Kier alpha value is -2.95. The van der Waals surface area contributed by atoms with Crippen LogP contribution in [0.2, 0.25) is 5.02 Å². The van der Waals surface area contributed by atoms with E-state index in [1.807, 2.05) is 54.6 Å². The summed E-state index contributed by atoms with van der Waals surface area (Å²) < 4.78 is 5.94. The molecule has 0 amide bonds. The summed E-state index contributed by atoms with van der Waals surface area (Å²) in [5, 5.41) is 1.48. The SMILES string of the molecule is C=C/C=C\c1oc2c(Cl)cccc2c1CC(N)/N=C(\N=C)c1ccccc1. The van der Waals surface area contributed by atoms with E-state index in [4.69, 9.17) is 21.8 Å². The third kappa shape index (κ3) is 4.25. The highest BCUT2D eigenvalue weighted by atomic mass is 35.5. The van der Waals surface area contributed by atoms with Crippen LogP contribution in [0.4, 0.5) is 0 Å². The van der Waals surface area contributed by atoms with Crippen molar-refractivity contribution in [2.45, 2.75) is 12.6 Å². The maximum absolute atomic E-state index is 6.31. The number of hydrogen-bond acceptors (Lipinski definition) is 3. The maximum Gasteiger partial charge on any atom is 0.155 e. The van der Waals surface area contributed by atoms with E-state index in [2.05, 4.69) is 23.3 Å². The van der Waals surface area contributed by atoms with Crippen LogP contribution < -0.4 is 5.73 Å². The van der Waals surface area contributed by atoms with Crippen molar-refractivity contribution >= 4 is 41.2 Å². The second-order valence-electron chi connectivity index (χ2n) is 5.90. The molecule has 1 atom stereocenters. The van der Waals surface area contributed by atoms with Gasteiger partial charge in [0.05, 0.1) is 5.02 Å². The van der Waals surface area contributed by atoms with Gasteiger partial charge in [-0.15, -0.1) is 0 Å². The largest absolute Gasteiger partial charge is 0.455 e. The Morgan fingerprint density at radius 3 is 2.67 bits per heavy atom. The van der Waals surface area contributed by atoms with Crippen LogP contribution in [0.15, 0.2) is 81.7 Å². The molecule has 0 fully saturated rings. The van der Waals surface area contributed by atoms with Crippen molar-refractivity contribution in [3.05, 3.63) is 89.2 Å². The van der Waals surface area contributed by atoms with Gasteiger partial charge in [0.15, 0.2) is 11.4 Å². The lowest BCUT2D eigenvalue weighted by Crippen LogP contribution is -2.22. The van der Waals surface area contributed by atoms with Crippen LogP contribution in [0.3, 0.4) is 0 Å². The summed E-state index contributed by atoms with van der Waals surface area (Å²) in [6.45, 7) is 7.31. The Bertz CT molecular complexity index is 1020. The number of hydrogen-bond donors (Lipinski definition) is 1. The molecule has 0 radical (unpaired) electrons. The molecule has 1 unspecified atom stereocenters. The quantitative estimate of drug-likeness (QED) is 0.361. The monoisotopic (exact) mass is 377 g/mol. The lowest BCUT2D eigenvalue weighted by molar-refractivity contribution is 0.592. The zero-order chi connectivity index (χ0) is 19.2. The number of fused-ring (bicyclic) bond motifs is 1. The smallest absolute Gasteiger partial charge is 0.155 e. The fourth-order valence-electron chi connectivity index (χ4n) is 2.86. The molecular formula is C22H20ClN3O. The minimum absolute atomic E-state index is 0.468. The van der Waals surface area contributed by atoms with E-state index >= 15 is 0 Å². The summed E-state index contributed by atoms with van der Waals surface area (Å²) in [6.07, 6.45) is 5.30. The molecule has 0 aliphatic heterocycles. The highest BCUT2D eigenvalue weighted by Gasteiger charge is 2.17. The van der Waals surface area contributed by atoms with E-state index < -0.39 is 6.17 Å². The van der Waals surface area contributed by atoms with Crippen molar-refractivity contribution in [3.63, 3.8) is 0 Å². The Morgan fingerprint density at radius 1 is 1.19 bits per heavy atom. The normalized spacial score (nSPS) is 13.2. The van der Waals surface area contributed by atoms with Crippen molar-refractivity contribution in [1.29, 1.82) is 0 Å². The number of benzene rings is 2. The van der Waals surface area contributed by atoms with Gasteiger partial charge in [-0.3, -0.25) is 0 Å². The van der Waals surface area contributed by atoms with Crippen molar-refractivity contribution in [2.24, 2.45) is 15.7 Å². The first kappa shape index (κ1) is 18.8. The van der Waals surface area contributed by atoms with Gasteiger partial charge in [0, 0.05) is 22.9 Å². The molecule has 0 bridgehead atoms. The van der Waals surface area contributed by atoms with E-state index in [1.54, 1.807) is 12.1 Å². The number of nitrogens with two attached hydrogens (primary N) is 1. The van der Waals surface area contributed by atoms with Crippen LogP contribution in [-0.4, -0.2) is 18.7 Å². The van der Waals surface area contributed by atoms with Gasteiger partial charge in [0.25, 0.3) is 0 Å². The van der Waals surface area contributed by atoms with Gasteiger partial charge in [-0.2, -0.15) is 0 Å². The number of furan rings is 1. The standard InChI is InChI=1S/C22H20ClN3O/c1-3-4-13-19-17(16-11-8-12-18(23)21(16)27-19)14-20(24)26-22(25-2)15-9-6-5-7-10-15/h3-13,20H,1-2,14,24H2/b13-4-,26-22-. The zero-order valence-electron chi connectivity index (χ0n) is 14.8. The van der Waals surface area contributed by atoms with E-state index in [-0.39, 0.29) is 0 Å². The second-order valence-corrected chi connectivity index (χ2v) is 6.31. The summed E-state index contributed by atoms with van der Waals surface area (Å²) in [5.74, 6) is 1.20.